The van der Waals surface area contributed by atoms with E-state index in [9.17, 15) is 0 Å². The fourth-order valence-corrected chi connectivity index (χ4v) is 0. The van der Waals surface area contributed by atoms with Gasteiger partial charge in [0.05, 0.1) is 11.9 Å². The molecule has 0 spiro atoms. The van der Waals surface area contributed by atoms with Gasteiger partial charge in [-0.2, -0.15) is 0 Å². The van der Waals surface area contributed by atoms with Gasteiger partial charge in [-0.05, 0) is 0 Å². The predicted octanol–water partition coefficient (Wildman–Crippen LogP) is -3.89. The molecular formula is C2O4Sr. The SMILES string of the molecule is O=C([O-])C(=O)[O-].[Sr+2]. The number of hydrogen-bond acceptors (Lipinski definition) is 4. The van der Waals surface area contributed by atoms with Crippen LogP contribution in [0.1, 0.15) is 0 Å². The molecule has 0 fully saturated rings. The predicted molar refractivity (Wildman–Crippen MR) is 15.8 cm³/mol. The van der Waals surface area contributed by atoms with Gasteiger partial charge in [0.25, 0.3) is 0 Å². The molecule has 0 saturated carbocycles. The van der Waals surface area contributed by atoms with E-state index in [-0.39, 0.29) is 45.5 Å². The largest absolute Gasteiger partial charge is 2.00 e. The minimum Gasteiger partial charge on any atom is -0.543 e. The number of rotatable bonds is 0. The number of aliphatic carboxylic acids is 2. The number of carbonyl (C=O) groups excluding carboxylic acids is 2. The molecule has 0 rings (SSSR count). The van der Waals surface area contributed by atoms with Crippen LogP contribution in [0, 0.1) is 0 Å². The van der Waals surface area contributed by atoms with Crippen LogP contribution in [0.5, 0.6) is 0 Å². The summed E-state index contributed by atoms with van der Waals surface area (Å²) in [6, 6.07) is 0. The van der Waals surface area contributed by atoms with E-state index in [1.165, 1.54) is 0 Å². The summed E-state index contributed by atoms with van der Waals surface area (Å²) in [5.74, 6) is -4.37. The van der Waals surface area contributed by atoms with Gasteiger partial charge in [0.2, 0.25) is 0 Å². The molecule has 0 aromatic rings. The Balaban J connectivity index is 0. The van der Waals surface area contributed by atoms with Crippen LogP contribution in [-0.4, -0.2) is 57.4 Å². The Morgan fingerprint density at radius 3 is 1.14 bits per heavy atom. The minimum atomic E-state index is -2.19. The fourth-order valence-electron chi connectivity index (χ4n) is 0. The van der Waals surface area contributed by atoms with Crippen molar-refractivity contribution in [2.75, 3.05) is 0 Å². The Morgan fingerprint density at radius 1 is 1.00 bits per heavy atom. The molecule has 4 nitrogen and oxygen atoms in total. The summed E-state index contributed by atoms with van der Waals surface area (Å²) in [5.41, 5.74) is 0. The molecule has 0 aromatic heterocycles. The molecule has 0 saturated heterocycles. The first-order chi connectivity index (χ1) is 2.64. The van der Waals surface area contributed by atoms with Gasteiger partial charge in [-0.3, -0.25) is 0 Å². The molecule has 0 heterocycles. The summed E-state index contributed by atoms with van der Waals surface area (Å²) >= 11 is 0. The zero-order valence-corrected chi connectivity index (χ0v) is 6.82. The maximum absolute atomic E-state index is 8.93. The standard InChI is InChI=1S/C2H2O4.Sr/c3-1(4)2(5)6;/h(H,3,4)(H,5,6);/q;+2/p-2. The van der Waals surface area contributed by atoms with Crippen molar-refractivity contribution in [3.8, 4) is 0 Å². The van der Waals surface area contributed by atoms with E-state index >= 15 is 0 Å². The van der Waals surface area contributed by atoms with E-state index in [1.54, 1.807) is 0 Å². The second kappa shape index (κ2) is 4.58. The maximum atomic E-state index is 8.93. The third kappa shape index (κ3) is 6.42. The first-order valence-electron chi connectivity index (χ1n) is 1.07. The Hall–Kier alpha value is 0.421. The van der Waals surface area contributed by atoms with Crippen LogP contribution in [0.4, 0.5) is 0 Å². The molecule has 0 unspecified atom stereocenters. The minimum absolute atomic E-state index is 0. The van der Waals surface area contributed by atoms with E-state index in [0.717, 1.165) is 0 Å². The smallest absolute Gasteiger partial charge is 0.543 e. The van der Waals surface area contributed by atoms with Crippen molar-refractivity contribution in [3.63, 3.8) is 0 Å². The van der Waals surface area contributed by atoms with Gasteiger partial charge < -0.3 is 19.8 Å². The molecule has 0 aliphatic rings. The zero-order chi connectivity index (χ0) is 5.15. The van der Waals surface area contributed by atoms with E-state index in [4.69, 9.17) is 19.8 Å². The van der Waals surface area contributed by atoms with Crippen molar-refractivity contribution < 1.29 is 19.8 Å². The van der Waals surface area contributed by atoms with Crippen LogP contribution in [-0.2, 0) is 9.59 Å². The Labute approximate surface area is 76.4 Å². The van der Waals surface area contributed by atoms with E-state index < -0.39 is 11.9 Å². The third-order valence-corrected chi connectivity index (χ3v) is 0.167. The molecule has 7 heavy (non-hydrogen) atoms. The van der Waals surface area contributed by atoms with Gasteiger partial charge in [0.15, 0.2) is 0 Å². The molecule has 5 heteroatoms. The molecule has 0 aliphatic carbocycles. The summed E-state index contributed by atoms with van der Waals surface area (Å²) in [6.45, 7) is 0. The van der Waals surface area contributed by atoms with Crippen LogP contribution < -0.4 is 10.2 Å². The number of hydrogen-bond donors (Lipinski definition) is 0. The Bertz CT molecular complexity index is 75.7. The number of carbonyl (C=O) groups is 2. The van der Waals surface area contributed by atoms with Gasteiger partial charge >= 0.3 is 45.5 Å². The number of carboxylic acid groups (broad SMARTS) is 2. The molecule has 0 N–H and O–H groups in total. The van der Waals surface area contributed by atoms with Crippen LogP contribution in [0.3, 0.4) is 0 Å². The zero-order valence-electron chi connectivity index (χ0n) is 3.34. The monoisotopic (exact) mass is 176 g/mol. The van der Waals surface area contributed by atoms with Crippen molar-refractivity contribution in [2.45, 2.75) is 0 Å². The molecule has 0 bridgehead atoms. The van der Waals surface area contributed by atoms with Crippen molar-refractivity contribution in [2.24, 2.45) is 0 Å². The van der Waals surface area contributed by atoms with Gasteiger partial charge in [-0.25, -0.2) is 0 Å². The molecule has 0 amide bonds. The fraction of sp³-hybridized carbons (Fsp3) is 0. The quantitative estimate of drug-likeness (QED) is 0.279. The average molecular weight is 176 g/mol. The number of carboxylic acids is 2. The summed E-state index contributed by atoms with van der Waals surface area (Å²) in [4.78, 5) is 17.9. The topological polar surface area (TPSA) is 80.3 Å². The maximum Gasteiger partial charge on any atom is 2.00 e. The van der Waals surface area contributed by atoms with E-state index in [2.05, 4.69) is 0 Å². The van der Waals surface area contributed by atoms with Gasteiger partial charge in [0.1, 0.15) is 0 Å². The second-order valence-electron chi connectivity index (χ2n) is 0.575. The first kappa shape index (κ1) is 10.4. The van der Waals surface area contributed by atoms with Crippen molar-refractivity contribution in [1.82, 2.24) is 0 Å². The van der Waals surface area contributed by atoms with E-state index in [0.29, 0.717) is 0 Å². The van der Waals surface area contributed by atoms with Gasteiger partial charge in [-0.1, -0.05) is 0 Å². The summed E-state index contributed by atoms with van der Waals surface area (Å²) < 4.78 is 0. The first-order valence-corrected chi connectivity index (χ1v) is 1.07. The van der Waals surface area contributed by atoms with E-state index in [1.807, 2.05) is 0 Å². The molecule has 34 valence electrons. The Morgan fingerprint density at radius 2 is 1.14 bits per heavy atom. The molecule has 0 radical (unpaired) electrons. The second-order valence-corrected chi connectivity index (χ2v) is 0.575. The summed E-state index contributed by atoms with van der Waals surface area (Å²) in [6.07, 6.45) is 0. The van der Waals surface area contributed by atoms with Crippen LogP contribution in [0.2, 0.25) is 0 Å². The normalized spacial score (nSPS) is 6.29. The molecule has 0 aromatic carbocycles. The van der Waals surface area contributed by atoms with Crippen molar-refractivity contribution in [1.29, 1.82) is 0 Å². The molecular weight excluding hydrogens is 176 g/mol. The third-order valence-electron chi connectivity index (χ3n) is 0.167. The van der Waals surface area contributed by atoms with Crippen molar-refractivity contribution >= 4 is 57.4 Å². The van der Waals surface area contributed by atoms with Gasteiger partial charge in [0, 0.05) is 0 Å². The van der Waals surface area contributed by atoms with Crippen LogP contribution in [0.25, 0.3) is 0 Å². The van der Waals surface area contributed by atoms with Crippen molar-refractivity contribution in [3.05, 3.63) is 0 Å². The molecule has 0 aliphatic heterocycles. The Kier molecular flexibility index (Phi) is 6.81. The van der Waals surface area contributed by atoms with Crippen LogP contribution in [0.15, 0.2) is 0 Å². The van der Waals surface area contributed by atoms with Gasteiger partial charge in [-0.15, -0.1) is 0 Å². The summed E-state index contributed by atoms with van der Waals surface area (Å²) in [7, 11) is 0. The van der Waals surface area contributed by atoms with Crippen LogP contribution >= 0.6 is 0 Å². The average Bonchev–Trinajstić information content (AvgIpc) is 1.36. The molecule has 0 atom stereocenters. The summed E-state index contributed by atoms with van der Waals surface area (Å²) in [5, 5.41) is 17.9.